The van der Waals surface area contributed by atoms with E-state index in [1.165, 1.54) is 92.9 Å². The van der Waals surface area contributed by atoms with Crippen molar-refractivity contribution in [1.29, 1.82) is 0 Å². The average Bonchev–Trinajstić information content (AvgIpc) is 3.46. The van der Waals surface area contributed by atoms with Crippen molar-refractivity contribution in [3.63, 3.8) is 0 Å². The smallest absolute Gasteiger partial charge is 0.399 e. The highest BCUT2D eigenvalue weighted by atomic mass is 16.7. The fourth-order valence-electron chi connectivity index (χ4n) is 15.4. The second-order valence-electron chi connectivity index (χ2n) is 21.1. The SMILES string of the molecule is CCCCCCC12CCC(c3ccc(-c4ccc(-c5ccc(C67C8C9C6C6C7C8C96c6ccc(B7OC(C)(C)C(C)(C)O7)cc6)cc5)cc4)cc3)(CC1)CC2. The van der Waals surface area contributed by atoms with Gasteiger partial charge in [0.1, 0.15) is 0 Å². The van der Waals surface area contributed by atoms with Crippen molar-refractivity contribution < 1.29 is 9.31 Å². The van der Waals surface area contributed by atoms with Gasteiger partial charge in [-0.05, 0) is 163 Å². The summed E-state index contributed by atoms with van der Waals surface area (Å²) in [6.07, 6.45) is 15.7. The Labute approximate surface area is 330 Å². The highest BCUT2D eigenvalue weighted by Crippen LogP contribution is 3.09. The molecule has 4 aromatic rings. The molecule has 3 heteroatoms. The predicted octanol–water partition coefficient (Wildman–Crippen LogP) is 11.8. The number of hydrogen-bond acceptors (Lipinski definition) is 2. The number of fused-ring (bicyclic) bond motifs is 3. The zero-order valence-corrected chi connectivity index (χ0v) is 33.9. The summed E-state index contributed by atoms with van der Waals surface area (Å²) in [5.74, 6) is 5.47. The molecule has 0 atom stereocenters. The Kier molecular flexibility index (Phi) is 6.84. The summed E-state index contributed by atoms with van der Waals surface area (Å²) in [6.45, 7) is 10.9. The zero-order valence-electron chi connectivity index (χ0n) is 33.9. The Morgan fingerprint density at radius 1 is 0.473 bits per heavy atom. The van der Waals surface area contributed by atoms with E-state index in [1.807, 2.05) is 0 Å². The van der Waals surface area contributed by atoms with E-state index >= 15 is 0 Å². The van der Waals surface area contributed by atoms with Gasteiger partial charge in [0.2, 0.25) is 0 Å². The molecule has 0 radical (unpaired) electrons. The molecule has 1 aliphatic heterocycles. The van der Waals surface area contributed by atoms with Crippen LogP contribution in [-0.4, -0.2) is 18.3 Å². The number of benzene rings is 4. The molecule has 282 valence electrons. The van der Waals surface area contributed by atoms with E-state index in [4.69, 9.17) is 9.31 Å². The lowest BCUT2D eigenvalue weighted by Crippen LogP contribution is -3.12. The van der Waals surface area contributed by atoms with Crippen molar-refractivity contribution in [2.75, 3.05) is 0 Å². The summed E-state index contributed by atoms with van der Waals surface area (Å²) < 4.78 is 12.7. The highest BCUT2D eigenvalue weighted by Gasteiger charge is 3.09. The first kappa shape index (κ1) is 34.0. The predicted molar refractivity (Wildman–Crippen MR) is 224 cm³/mol. The van der Waals surface area contributed by atoms with Gasteiger partial charge in [0.25, 0.3) is 0 Å². The quantitative estimate of drug-likeness (QED) is 0.113. The van der Waals surface area contributed by atoms with Crippen LogP contribution in [0.3, 0.4) is 0 Å². The van der Waals surface area contributed by atoms with E-state index < -0.39 is 0 Å². The van der Waals surface area contributed by atoms with Crippen molar-refractivity contribution in [3.05, 3.63) is 114 Å². The Bertz CT molecular complexity index is 2060. The summed E-state index contributed by atoms with van der Waals surface area (Å²) in [7, 11) is -0.275. The summed E-state index contributed by atoms with van der Waals surface area (Å²) in [6, 6.07) is 38.4. The summed E-state index contributed by atoms with van der Waals surface area (Å²) in [5, 5.41) is 0. The van der Waals surface area contributed by atoms with Crippen LogP contribution in [0, 0.1) is 40.9 Å². The standard InChI is InChI=1S/C52H59BO2/c1-6-7-8-9-26-49-27-30-50(31-28-49,32-29-49)37-18-14-35(15-19-37)33-10-12-34(13-11-33)36-16-20-38(21-17-36)51-41-44-42(51)46-43(51)45(41)52(44,46)39-22-24-40(25-23-39)53-54-47(2,3)48(4,5)55-53/h10-25,41-46H,6-9,26-32H2,1-5H3. The van der Waals surface area contributed by atoms with Crippen LogP contribution < -0.4 is 5.46 Å². The molecule has 9 saturated carbocycles. The molecule has 4 aromatic carbocycles. The number of rotatable bonds is 11. The summed E-state index contributed by atoms with van der Waals surface area (Å²) in [4.78, 5) is 0. The lowest BCUT2D eigenvalue weighted by atomic mass is 8.91. The first-order valence-electron chi connectivity index (χ1n) is 22.4. The first-order valence-corrected chi connectivity index (χ1v) is 22.4. The minimum absolute atomic E-state index is 0.275. The van der Waals surface area contributed by atoms with E-state index in [0.29, 0.717) is 21.7 Å². The molecule has 10 aliphatic rings. The van der Waals surface area contributed by atoms with Crippen LogP contribution >= 0.6 is 0 Å². The second kappa shape index (κ2) is 11.1. The molecular weight excluding hydrogens is 667 g/mol. The normalized spacial score (nSPS) is 39.7. The molecule has 0 spiro atoms. The van der Waals surface area contributed by atoms with Crippen molar-refractivity contribution in [2.45, 2.75) is 133 Å². The third-order valence-corrected chi connectivity index (χ3v) is 19.0. The van der Waals surface area contributed by atoms with Crippen LogP contribution in [0.1, 0.15) is 122 Å². The molecule has 1 heterocycles. The highest BCUT2D eigenvalue weighted by molar-refractivity contribution is 6.62. The van der Waals surface area contributed by atoms with Crippen molar-refractivity contribution in [2.24, 2.45) is 40.9 Å². The van der Waals surface area contributed by atoms with Crippen molar-refractivity contribution in [3.8, 4) is 22.3 Å². The summed E-state index contributed by atoms with van der Waals surface area (Å²) >= 11 is 0. The van der Waals surface area contributed by atoms with E-state index in [9.17, 15) is 0 Å². The third kappa shape index (κ3) is 4.02. The van der Waals surface area contributed by atoms with E-state index in [1.54, 1.807) is 16.7 Å². The van der Waals surface area contributed by atoms with Gasteiger partial charge >= 0.3 is 7.12 Å². The molecule has 10 fully saturated rings. The molecule has 2 bridgehead atoms. The van der Waals surface area contributed by atoms with Crippen molar-refractivity contribution >= 4 is 12.6 Å². The molecule has 0 aromatic heterocycles. The van der Waals surface area contributed by atoms with Gasteiger partial charge in [-0.1, -0.05) is 130 Å². The van der Waals surface area contributed by atoms with Gasteiger partial charge in [0.15, 0.2) is 0 Å². The molecule has 9 aliphatic carbocycles. The molecule has 2 nitrogen and oxygen atoms in total. The topological polar surface area (TPSA) is 18.5 Å². The Morgan fingerprint density at radius 3 is 1.27 bits per heavy atom. The van der Waals surface area contributed by atoms with Crippen LogP contribution in [0.25, 0.3) is 22.3 Å². The fourth-order valence-corrected chi connectivity index (χ4v) is 15.4. The van der Waals surface area contributed by atoms with Gasteiger partial charge < -0.3 is 9.31 Å². The minimum atomic E-state index is -0.302. The lowest BCUT2D eigenvalue weighted by Gasteiger charge is -3.12. The van der Waals surface area contributed by atoms with Gasteiger partial charge in [-0.2, -0.15) is 0 Å². The third-order valence-electron chi connectivity index (χ3n) is 19.0. The summed E-state index contributed by atoms with van der Waals surface area (Å²) in [5.41, 5.74) is 12.8. The Hall–Kier alpha value is -3.14. The first-order chi connectivity index (χ1) is 26.6. The van der Waals surface area contributed by atoms with Crippen LogP contribution in [0.2, 0.25) is 0 Å². The minimum Gasteiger partial charge on any atom is -0.399 e. The maximum Gasteiger partial charge on any atom is 0.494 e. The monoisotopic (exact) mass is 726 g/mol. The molecule has 14 rings (SSSR count). The van der Waals surface area contributed by atoms with Gasteiger partial charge in [0.05, 0.1) is 11.2 Å². The van der Waals surface area contributed by atoms with Crippen LogP contribution in [0.5, 0.6) is 0 Å². The van der Waals surface area contributed by atoms with Gasteiger partial charge in [0, 0.05) is 10.8 Å². The lowest BCUT2D eigenvalue weighted by molar-refractivity contribution is -0.596. The second-order valence-corrected chi connectivity index (χ2v) is 21.1. The van der Waals surface area contributed by atoms with Crippen molar-refractivity contribution in [1.82, 2.24) is 0 Å². The van der Waals surface area contributed by atoms with Crippen LogP contribution in [-0.2, 0) is 25.6 Å². The maximum absolute atomic E-state index is 6.35. The van der Waals surface area contributed by atoms with Crippen LogP contribution in [0.15, 0.2) is 97.1 Å². The molecule has 0 N–H and O–H groups in total. The van der Waals surface area contributed by atoms with Gasteiger partial charge in [-0.15, -0.1) is 0 Å². The number of unbranched alkanes of at least 4 members (excludes halogenated alkanes) is 3. The Morgan fingerprint density at radius 2 is 0.855 bits per heavy atom. The molecule has 1 saturated heterocycles. The largest absolute Gasteiger partial charge is 0.494 e. The average molecular weight is 727 g/mol. The van der Waals surface area contributed by atoms with Crippen LogP contribution in [0.4, 0.5) is 0 Å². The van der Waals surface area contributed by atoms with Gasteiger partial charge in [-0.25, -0.2) is 0 Å². The maximum atomic E-state index is 6.35. The van der Waals surface area contributed by atoms with E-state index in [2.05, 4.69) is 132 Å². The number of hydrogen-bond donors (Lipinski definition) is 0. The molecule has 0 unspecified atom stereocenters. The van der Waals surface area contributed by atoms with E-state index in [-0.39, 0.29) is 18.3 Å². The molecule has 0 amide bonds. The zero-order chi connectivity index (χ0) is 37.2. The van der Waals surface area contributed by atoms with E-state index in [0.717, 1.165) is 41.0 Å². The molecule has 55 heavy (non-hydrogen) atoms. The molecular formula is C52H59BO2. The Balaban J connectivity index is 0.687. The van der Waals surface area contributed by atoms with Gasteiger partial charge in [-0.3, -0.25) is 0 Å². The fraction of sp³-hybridized carbons (Fsp3) is 0.538.